The van der Waals surface area contributed by atoms with Gasteiger partial charge < -0.3 is 29.6 Å². The SMILES string of the molecule is CC(=O)N1CCN(c2ccc(NC(=O)c3nnc(Nc4cccc(OCc5ccccc5)c4)o3)cc2)CC1. The summed E-state index contributed by atoms with van der Waals surface area (Å²) < 4.78 is 11.4. The van der Waals surface area contributed by atoms with Crippen molar-refractivity contribution in [1.29, 1.82) is 0 Å². The van der Waals surface area contributed by atoms with E-state index in [0.29, 0.717) is 36.8 Å². The molecule has 0 bridgehead atoms. The van der Waals surface area contributed by atoms with Crippen LogP contribution in [0.2, 0.25) is 0 Å². The predicted molar refractivity (Wildman–Crippen MR) is 144 cm³/mol. The number of piperazine rings is 1. The van der Waals surface area contributed by atoms with E-state index in [-0.39, 0.29) is 17.8 Å². The minimum Gasteiger partial charge on any atom is -0.489 e. The van der Waals surface area contributed by atoms with E-state index in [1.165, 1.54) is 0 Å². The number of hydrogen-bond donors (Lipinski definition) is 2. The number of benzene rings is 3. The van der Waals surface area contributed by atoms with Crippen LogP contribution in [0, 0.1) is 0 Å². The quantitative estimate of drug-likeness (QED) is 0.359. The van der Waals surface area contributed by atoms with Gasteiger partial charge in [-0.05, 0) is 42.0 Å². The molecule has 194 valence electrons. The summed E-state index contributed by atoms with van der Waals surface area (Å²) >= 11 is 0. The minimum atomic E-state index is -0.506. The number of amides is 2. The molecular formula is C28H28N6O4. The summed E-state index contributed by atoms with van der Waals surface area (Å²) in [5.74, 6) is 0.116. The average Bonchev–Trinajstić information content (AvgIpc) is 3.42. The van der Waals surface area contributed by atoms with Crippen LogP contribution in [0.4, 0.5) is 23.1 Å². The van der Waals surface area contributed by atoms with Gasteiger partial charge in [0.25, 0.3) is 0 Å². The van der Waals surface area contributed by atoms with E-state index in [9.17, 15) is 9.59 Å². The maximum Gasteiger partial charge on any atom is 0.320 e. The van der Waals surface area contributed by atoms with Crippen molar-refractivity contribution in [1.82, 2.24) is 15.1 Å². The van der Waals surface area contributed by atoms with Gasteiger partial charge in [-0.15, -0.1) is 5.10 Å². The first-order valence-corrected chi connectivity index (χ1v) is 12.3. The van der Waals surface area contributed by atoms with Gasteiger partial charge in [0.1, 0.15) is 12.4 Å². The van der Waals surface area contributed by atoms with E-state index >= 15 is 0 Å². The first-order valence-electron chi connectivity index (χ1n) is 12.3. The molecule has 2 amide bonds. The Balaban J connectivity index is 1.14. The van der Waals surface area contributed by atoms with Gasteiger partial charge in [-0.2, -0.15) is 0 Å². The number of nitrogens with one attached hydrogen (secondary N) is 2. The average molecular weight is 513 g/mol. The van der Waals surface area contributed by atoms with Crippen molar-refractivity contribution in [3.05, 3.63) is 90.3 Å². The third-order valence-corrected chi connectivity index (χ3v) is 6.17. The minimum absolute atomic E-state index is 0.0930. The summed E-state index contributed by atoms with van der Waals surface area (Å²) in [6, 6.07) is 24.9. The van der Waals surface area contributed by atoms with Crippen LogP contribution in [0.1, 0.15) is 23.2 Å². The maximum atomic E-state index is 12.6. The first-order chi connectivity index (χ1) is 18.5. The van der Waals surface area contributed by atoms with Gasteiger partial charge in [-0.25, -0.2) is 0 Å². The molecule has 0 atom stereocenters. The molecule has 1 saturated heterocycles. The molecule has 0 saturated carbocycles. The molecule has 4 aromatic rings. The Morgan fingerprint density at radius 2 is 1.66 bits per heavy atom. The highest BCUT2D eigenvalue weighted by atomic mass is 16.5. The van der Waals surface area contributed by atoms with Crippen LogP contribution >= 0.6 is 0 Å². The van der Waals surface area contributed by atoms with Crippen LogP contribution < -0.4 is 20.3 Å². The van der Waals surface area contributed by atoms with Gasteiger partial charge in [0.2, 0.25) is 5.91 Å². The van der Waals surface area contributed by atoms with Crippen molar-refractivity contribution in [2.75, 3.05) is 41.7 Å². The van der Waals surface area contributed by atoms with Crippen LogP contribution in [0.25, 0.3) is 0 Å². The van der Waals surface area contributed by atoms with E-state index in [2.05, 4.69) is 25.7 Å². The highest BCUT2D eigenvalue weighted by Gasteiger charge is 2.19. The van der Waals surface area contributed by atoms with E-state index < -0.39 is 5.91 Å². The van der Waals surface area contributed by atoms with Gasteiger partial charge in [-0.3, -0.25) is 9.59 Å². The standard InChI is InChI=1S/C28H28N6O4/c1-20(35)33-14-16-34(17-15-33)24-12-10-22(11-13-24)29-26(36)27-31-32-28(38-27)30-23-8-5-9-25(18-23)37-19-21-6-3-2-4-7-21/h2-13,18H,14-17,19H2,1H3,(H,29,36)(H,30,32). The number of ether oxygens (including phenoxy) is 1. The molecule has 2 heterocycles. The molecule has 10 heteroatoms. The molecule has 1 aliphatic rings. The molecule has 1 aliphatic heterocycles. The molecule has 0 unspecified atom stereocenters. The Morgan fingerprint density at radius 1 is 0.895 bits per heavy atom. The van der Waals surface area contributed by atoms with Crippen LogP contribution in [-0.4, -0.2) is 53.1 Å². The zero-order valence-corrected chi connectivity index (χ0v) is 21.0. The number of anilines is 4. The summed E-state index contributed by atoms with van der Waals surface area (Å²) in [5.41, 5.74) is 3.40. The van der Waals surface area contributed by atoms with Crippen molar-refractivity contribution in [3.8, 4) is 5.75 Å². The Labute approximate surface area is 220 Å². The lowest BCUT2D eigenvalue weighted by atomic mass is 10.2. The lowest BCUT2D eigenvalue weighted by Gasteiger charge is -2.35. The van der Waals surface area contributed by atoms with Crippen molar-refractivity contribution in [2.24, 2.45) is 0 Å². The lowest BCUT2D eigenvalue weighted by molar-refractivity contribution is -0.129. The Hall–Kier alpha value is -4.86. The summed E-state index contributed by atoms with van der Waals surface area (Å²) in [6.45, 7) is 4.98. The monoisotopic (exact) mass is 512 g/mol. The molecule has 10 nitrogen and oxygen atoms in total. The first kappa shape index (κ1) is 24.8. The fraction of sp³-hybridized carbons (Fsp3) is 0.214. The number of carbonyl (C=O) groups excluding carboxylic acids is 2. The van der Waals surface area contributed by atoms with Crippen molar-refractivity contribution >= 4 is 34.9 Å². The van der Waals surface area contributed by atoms with Gasteiger partial charge in [-0.1, -0.05) is 41.5 Å². The summed E-state index contributed by atoms with van der Waals surface area (Å²) in [7, 11) is 0. The van der Waals surface area contributed by atoms with E-state index in [1.807, 2.05) is 83.8 Å². The molecule has 0 aliphatic carbocycles. The lowest BCUT2D eigenvalue weighted by Crippen LogP contribution is -2.48. The van der Waals surface area contributed by atoms with E-state index in [0.717, 1.165) is 24.3 Å². The predicted octanol–water partition coefficient (Wildman–Crippen LogP) is 4.31. The molecule has 3 aromatic carbocycles. The number of nitrogens with zero attached hydrogens (tertiary/aromatic N) is 4. The number of carbonyl (C=O) groups is 2. The maximum absolute atomic E-state index is 12.6. The normalized spacial score (nSPS) is 13.2. The largest absolute Gasteiger partial charge is 0.489 e. The van der Waals surface area contributed by atoms with Crippen LogP contribution in [-0.2, 0) is 11.4 Å². The van der Waals surface area contributed by atoms with Gasteiger partial charge in [0.15, 0.2) is 0 Å². The third kappa shape index (κ3) is 6.28. The van der Waals surface area contributed by atoms with E-state index in [4.69, 9.17) is 9.15 Å². The van der Waals surface area contributed by atoms with E-state index in [1.54, 1.807) is 6.92 Å². The zero-order chi connectivity index (χ0) is 26.3. The Kier molecular flexibility index (Phi) is 7.49. The molecule has 1 aromatic heterocycles. The number of aromatic nitrogens is 2. The molecule has 38 heavy (non-hydrogen) atoms. The van der Waals surface area contributed by atoms with Gasteiger partial charge in [0, 0.05) is 56.2 Å². The second kappa shape index (κ2) is 11.5. The topological polar surface area (TPSA) is 113 Å². The second-order valence-electron chi connectivity index (χ2n) is 8.83. The second-order valence-corrected chi connectivity index (χ2v) is 8.83. The van der Waals surface area contributed by atoms with Crippen molar-refractivity contribution in [2.45, 2.75) is 13.5 Å². The third-order valence-electron chi connectivity index (χ3n) is 6.17. The van der Waals surface area contributed by atoms with Crippen molar-refractivity contribution < 1.29 is 18.7 Å². The summed E-state index contributed by atoms with van der Waals surface area (Å²) in [4.78, 5) is 28.2. The smallest absolute Gasteiger partial charge is 0.320 e. The Morgan fingerprint density at radius 3 is 2.39 bits per heavy atom. The molecular weight excluding hydrogens is 484 g/mol. The molecule has 1 fully saturated rings. The molecule has 0 radical (unpaired) electrons. The molecule has 2 N–H and O–H groups in total. The highest BCUT2D eigenvalue weighted by Crippen LogP contribution is 2.23. The van der Waals surface area contributed by atoms with Gasteiger partial charge >= 0.3 is 17.8 Å². The summed E-state index contributed by atoms with van der Waals surface area (Å²) in [6.07, 6.45) is 0. The molecule has 5 rings (SSSR count). The zero-order valence-electron chi connectivity index (χ0n) is 21.0. The van der Waals surface area contributed by atoms with Crippen LogP contribution in [0.5, 0.6) is 5.75 Å². The van der Waals surface area contributed by atoms with Crippen LogP contribution in [0.3, 0.4) is 0 Å². The Bertz CT molecular complexity index is 1380. The number of hydrogen-bond acceptors (Lipinski definition) is 8. The number of rotatable bonds is 8. The highest BCUT2D eigenvalue weighted by molar-refractivity contribution is 6.01. The van der Waals surface area contributed by atoms with Gasteiger partial charge in [0.05, 0.1) is 0 Å². The van der Waals surface area contributed by atoms with Crippen LogP contribution in [0.15, 0.2) is 83.3 Å². The molecule has 0 spiro atoms. The fourth-order valence-corrected chi connectivity index (χ4v) is 4.11. The fourth-order valence-electron chi connectivity index (χ4n) is 4.11. The van der Waals surface area contributed by atoms with Crippen molar-refractivity contribution in [3.63, 3.8) is 0 Å². The summed E-state index contributed by atoms with van der Waals surface area (Å²) in [5, 5.41) is 13.6.